The number of rotatable bonds is 12. The van der Waals surface area contributed by atoms with Crippen LogP contribution in [-0.2, 0) is 24.5 Å². The lowest BCUT2D eigenvalue weighted by Gasteiger charge is -2.43. The fraction of sp³-hybridized carbons (Fsp3) is 0.636. The van der Waals surface area contributed by atoms with Crippen LogP contribution in [0.25, 0.3) is 0 Å². The number of likely N-dealkylation sites (N-methyl/N-ethyl adjacent to an activating group) is 2. The van der Waals surface area contributed by atoms with E-state index in [4.69, 9.17) is 4.74 Å². The van der Waals surface area contributed by atoms with Gasteiger partial charge in [0.1, 0.15) is 17.7 Å². The number of hydrogen-bond acceptors (Lipinski definition) is 5. The number of amides is 3. The molecular formula is C33H53N3O6. The minimum absolute atomic E-state index is 0.0857. The van der Waals surface area contributed by atoms with Gasteiger partial charge < -0.3 is 20.1 Å². The molecule has 0 aliphatic rings. The number of aliphatic carboxylic acids is 1. The van der Waals surface area contributed by atoms with Gasteiger partial charge in [0.2, 0.25) is 11.8 Å². The first-order valence-electron chi connectivity index (χ1n) is 14.6. The lowest BCUT2D eigenvalue weighted by atomic mass is 9.75. The highest BCUT2D eigenvalue weighted by Crippen LogP contribution is 2.33. The third-order valence-corrected chi connectivity index (χ3v) is 7.98. The number of carboxylic acid groups (broad SMARTS) is 1. The molecule has 0 aliphatic carbocycles. The number of nitrogens with zero attached hydrogens (tertiary/aromatic N) is 2. The minimum atomic E-state index is -1.06. The topological polar surface area (TPSA) is 116 Å². The van der Waals surface area contributed by atoms with E-state index in [0.29, 0.717) is 6.42 Å². The van der Waals surface area contributed by atoms with Crippen molar-refractivity contribution in [2.24, 2.45) is 11.3 Å². The third kappa shape index (κ3) is 9.33. The average molecular weight is 588 g/mol. The maximum Gasteiger partial charge on any atom is 0.410 e. The molecule has 0 radical (unpaired) electrons. The highest BCUT2D eigenvalue weighted by molar-refractivity contribution is 5.93. The van der Waals surface area contributed by atoms with Crippen molar-refractivity contribution in [1.29, 1.82) is 0 Å². The summed E-state index contributed by atoms with van der Waals surface area (Å²) in [6, 6.07) is 6.94. The van der Waals surface area contributed by atoms with Crippen LogP contribution >= 0.6 is 0 Å². The highest BCUT2D eigenvalue weighted by Gasteiger charge is 2.46. The molecule has 0 spiro atoms. The predicted molar refractivity (Wildman–Crippen MR) is 166 cm³/mol. The molecule has 0 aliphatic heterocycles. The first-order valence-corrected chi connectivity index (χ1v) is 14.6. The summed E-state index contributed by atoms with van der Waals surface area (Å²) in [7, 11) is 3.16. The second-order valence-electron chi connectivity index (χ2n) is 13.7. The molecule has 0 fully saturated rings. The molecule has 236 valence electrons. The van der Waals surface area contributed by atoms with Gasteiger partial charge in [-0.1, -0.05) is 84.9 Å². The number of nitrogens with one attached hydrogen (secondary N) is 1. The van der Waals surface area contributed by atoms with Gasteiger partial charge in [-0.2, -0.15) is 0 Å². The summed E-state index contributed by atoms with van der Waals surface area (Å²) in [5, 5.41) is 12.5. The van der Waals surface area contributed by atoms with Crippen LogP contribution in [-0.4, -0.2) is 76.6 Å². The van der Waals surface area contributed by atoms with Gasteiger partial charge in [0.15, 0.2) is 0 Å². The first-order chi connectivity index (χ1) is 19.1. The van der Waals surface area contributed by atoms with E-state index in [2.05, 4.69) is 5.32 Å². The Morgan fingerprint density at radius 3 is 1.90 bits per heavy atom. The fourth-order valence-corrected chi connectivity index (χ4v) is 4.90. The zero-order valence-electron chi connectivity index (χ0n) is 27.9. The number of benzene rings is 1. The predicted octanol–water partition coefficient (Wildman–Crippen LogP) is 5.63. The molecule has 1 aromatic rings. The standard InChI is InChI=1S/C33H53N3O6/c1-14-32(8,9)25(28(38)35(12)24(21(2)3)20-22(4)29(39)40)34-27(37)26(36(13)30(41)42-31(5,6)7)33(10,11)23-18-16-15-17-19-23/h15-21,24-26H,14H2,1-13H3,(H,34,37)(H,39,40)/b22-20+/t24-,25-,26-/m1/s1. The maximum atomic E-state index is 14.3. The van der Waals surface area contributed by atoms with Crippen molar-refractivity contribution in [2.45, 2.75) is 112 Å². The Morgan fingerprint density at radius 1 is 0.952 bits per heavy atom. The van der Waals surface area contributed by atoms with E-state index in [1.165, 1.54) is 23.8 Å². The average Bonchev–Trinajstić information content (AvgIpc) is 2.88. The Bertz CT molecular complexity index is 1130. The molecule has 2 N–H and O–H groups in total. The van der Waals surface area contributed by atoms with E-state index in [1.807, 2.05) is 78.8 Å². The molecule has 9 heteroatoms. The summed E-state index contributed by atoms with van der Waals surface area (Å²) >= 11 is 0. The van der Waals surface area contributed by atoms with Crippen molar-refractivity contribution < 1.29 is 29.0 Å². The van der Waals surface area contributed by atoms with Crippen LogP contribution < -0.4 is 5.32 Å². The molecule has 42 heavy (non-hydrogen) atoms. The second-order valence-corrected chi connectivity index (χ2v) is 13.7. The molecule has 1 aromatic carbocycles. The molecule has 3 atom stereocenters. The normalized spacial score (nSPS) is 15.0. The smallest absolute Gasteiger partial charge is 0.410 e. The van der Waals surface area contributed by atoms with Crippen LogP contribution in [0, 0.1) is 11.3 Å². The fourth-order valence-electron chi connectivity index (χ4n) is 4.90. The Balaban J connectivity index is 3.66. The van der Waals surface area contributed by atoms with Gasteiger partial charge in [-0.3, -0.25) is 14.5 Å². The lowest BCUT2D eigenvalue weighted by Crippen LogP contribution is -2.63. The molecule has 3 amide bonds. The summed E-state index contributed by atoms with van der Waals surface area (Å²) in [4.78, 5) is 56.1. The molecular weight excluding hydrogens is 534 g/mol. The van der Waals surface area contributed by atoms with E-state index in [9.17, 15) is 24.3 Å². The summed E-state index contributed by atoms with van der Waals surface area (Å²) in [6.07, 6.45) is 1.48. The molecule has 1 rings (SSSR count). The number of carbonyl (C=O) groups is 4. The van der Waals surface area contributed by atoms with Crippen molar-refractivity contribution in [3.63, 3.8) is 0 Å². The van der Waals surface area contributed by atoms with Gasteiger partial charge in [-0.15, -0.1) is 0 Å². The SMILES string of the molecule is CCC(C)(C)[C@H](NC(=O)[C@@H](N(C)C(=O)OC(C)(C)C)C(C)(C)c1ccccc1)C(=O)N(C)[C@H](/C=C(\C)C(=O)O)C(C)C. The molecule has 0 saturated heterocycles. The van der Waals surface area contributed by atoms with Gasteiger partial charge in [0.25, 0.3) is 0 Å². The lowest BCUT2D eigenvalue weighted by molar-refractivity contribution is -0.142. The molecule has 0 bridgehead atoms. The number of hydrogen-bond donors (Lipinski definition) is 2. The van der Waals surface area contributed by atoms with E-state index in [1.54, 1.807) is 33.9 Å². The first kappa shape index (κ1) is 36.7. The molecule has 0 heterocycles. The number of carbonyl (C=O) groups excluding carboxylic acids is 3. The van der Waals surface area contributed by atoms with Gasteiger partial charge >= 0.3 is 12.1 Å². The van der Waals surface area contributed by atoms with Crippen molar-refractivity contribution >= 4 is 23.9 Å². The maximum absolute atomic E-state index is 14.3. The summed E-state index contributed by atoms with van der Waals surface area (Å²) in [5.74, 6) is -1.99. The van der Waals surface area contributed by atoms with E-state index >= 15 is 0 Å². The number of carboxylic acids is 1. The summed E-state index contributed by atoms with van der Waals surface area (Å²) < 4.78 is 5.63. The highest BCUT2D eigenvalue weighted by atomic mass is 16.6. The van der Waals surface area contributed by atoms with Crippen LogP contribution in [0.5, 0.6) is 0 Å². The van der Waals surface area contributed by atoms with E-state index < -0.39 is 52.5 Å². The quantitative estimate of drug-likeness (QED) is 0.306. The molecule has 0 unspecified atom stereocenters. The largest absolute Gasteiger partial charge is 0.478 e. The molecule has 9 nitrogen and oxygen atoms in total. The van der Waals surface area contributed by atoms with Crippen LogP contribution in [0.2, 0.25) is 0 Å². The van der Waals surface area contributed by atoms with Gasteiger partial charge in [-0.25, -0.2) is 9.59 Å². The van der Waals surface area contributed by atoms with E-state index in [0.717, 1.165) is 5.56 Å². The van der Waals surface area contributed by atoms with Crippen molar-refractivity contribution in [3.05, 3.63) is 47.5 Å². The Hall–Kier alpha value is -3.36. The van der Waals surface area contributed by atoms with Gasteiger partial charge in [-0.05, 0) is 51.0 Å². The van der Waals surface area contributed by atoms with Crippen molar-refractivity contribution in [2.75, 3.05) is 14.1 Å². The number of ether oxygens (including phenoxy) is 1. The van der Waals surface area contributed by atoms with Crippen LogP contribution in [0.15, 0.2) is 42.0 Å². The van der Waals surface area contributed by atoms with Gasteiger partial charge in [0.05, 0.1) is 6.04 Å². The van der Waals surface area contributed by atoms with Crippen molar-refractivity contribution in [3.8, 4) is 0 Å². The van der Waals surface area contributed by atoms with Gasteiger partial charge in [0, 0.05) is 25.1 Å². The van der Waals surface area contributed by atoms with Crippen LogP contribution in [0.3, 0.4) is 0 Å². The Labute approximate surface area is 252 Å². The van der Waals surface area contributed by atoms with Crippen molar-refractivity contribution in [1.82, 2.24) is 15.1 Å². The minimum Gasteiger partial charge on any atom is -0.478 e. The Kier molecular flexibility index (Phi) is 12.4. The van der Waals surface area contributed by atoms with E-state index in [-0.39, 0.29) is 17.4 Å². The summed E-state index contributed by atoms with van der Waals surface area (Å²) in [5.41, 5.74) is -1.34. The molecule has 0 saturated carbocycles. The third-order valence-electron chi connectivity index (χ3n) is 7.98. The second kappa shape index (κ2) is 14.2. The summed E-state index contributed by atoms with van der Waals surface area (Å²) in [6.45, 7) is 20.1. The zero-order valence-corrected chi connectivity index (χ0v) is 27.9. The Morgan fingerprint density at radius 2 is 1.48 bits per heavy atom. The monoisotopic (exact) mass is 587 g/mol. The van der Waals surface area contributed by atoms with Crippen LogP contribution in [0.1, 0.15) is 88.1 Å². The van der Waals surface area contributed by atoms with Crippen LogP contribution in [0.4, 0.5) is 4.79 Å². The molecule has 0 aromatic heterocycles. The zero-order chi connectivity index (χ0) is 32.8.